The number of alkyl halides is 1. The zero-order chi connectivity index (χ0) is 15.4. The highest BCUT2D eigenvalue weighted by Crippen LogP contribution is 2.27. The van der Waals surface area contributed by atoms with Crippen molar-refractivity contribution in [3.8, 4) is 16.9 Å². The second-order valence-corrected chi connectivity index (χ2v) is 5.09. The molecular formula is C19H18FNO. The van der Waals surface area contributed by atoms with Crippen molar-refractivity contribution in [2.75, 3.05) is 25.6 Å². The Bertz CT molecular complexity index is 768. The average Bonchev–Trinajstić information content (AvgIpc) is 2.59. The molecule has 0 bridgehead atoms. The molecule has 0 aromatic heterocycles. The van der Waals surface area contributed by atoms with E-state index >= 15 is 0 Å². The molecule has 0 aliphatic rings. The van der Waals surface area contributed by atoms with Crippen LogP contribution in [0.4, 0.5) is 10.1 Å². The van der Waals surface area contributed by atoms with Crippen LogP contribution in [0, 0.1) is 0 Å². The van der Waals surface area contributed by atoms with Crippen LogP contribution in [-0.2, 0) is 0 Å². The summed E-state index contributed by atoms with van der Waals surface area (Å²) in [4.78, 5) is 0. The second kappa shape index (κ2) is 6.48. The van der Waals surface area contributed by atoms with Crippen LogP contribution in [0.5, 0.6) is 5.75 Å². The first-order valence-corrected chi connectivity index (χ1v) is 7.31. The fourth-order valence-corrected chi connectivity index (χ4v) is 2.48. The lowest BCUT2D eigenvalue weighted by Crippen LogP contribution is -1.98. The molecule has 3 aromatic rings. The van der Waals surface area contributed by atoms with E-state index in [1.54, 1.807) is 0 Å². The summed E-state index contributed by atoms with van der Waals surface area (Å²) in [5, 5.41) is 5.35. The van der Waals surface area contributed by atoms with Gasteiger partial charge in [-0.05, 0) is 52.2 Å². The summed E-state index contributed by atoms with van der Waals surface area (Å²) >= 11 is 0. The number of benzene rings is 3. The van der Waals surface area contributed by atoms with E-state index in [1.165, 1.54) is 11.1 Å². The van der Waals surface area contributed by atoms with Crippen molar-refractivity contribution >= 4 is 16.5 Å². The van der Waals surface area contributed by atoms with Crippen LogP contribution in [-0.4, -0.2) is 20.3 Å². The van der Waals surface area contributed by atoms with Crippen molar-refractivity contribution in [3.05, 3.63) is 60.7 Å². The van der Waals surface area contributed by atoms with E-state index < -0.39 is 6.67 Å². The molecule has 0 unspecified atom stereocenters. The van der Waals surface area contributed by atoms with E-state index in [-0.39, 0.29) is 6.61 Å². The molecule has 2 nitrogen and oxygen atoms in total. The van der Waals surface area contributed by atoms with Gasteiger partial charge in [-0.1, -0.05) is 30.3 Å². The summed E-state index contributed by atoms with van der Waals surface area (Å²) < 4.78 is 17.5. The number of hydrogen-bond donors (Lipinski definition) is 1. The van der Waals surface area contributed by atoms with Crippen LogP contribution in [0.1, 0.15) is 0 Å². The van der Waals surface area contributed by atoms with Gasteiger partial charge in [0, 0.05) is 12.7 Å². The zero-order valence-electron chi connectivity index (χ0n) is 12.5. The number of halogens is 1. The van der Waals surface area contributed by atoms with Gasteiger partial charge < -0.3 is 10.1 Å². The Morgan fingerprint density at radius 3 is 2.27 bits per heavy atom. The van der Waals surface area contributed by atoms with Gasteiger partial charge in [-0.2, -0.15) is 0 Å². The molecular weight excluding hydrogens is 276 g/mol. The molecule has 3 rings (SSSR count). The van der Waals surface area contributed by atoms with Crippen LogP contribution in [0.3, 0.4) is 0 Å². The third-order valence-corrected chi connectivity index (χ3v) is 3.66. The van der Waals surface area contributed by atoms with E-state index in [0.29, 0.717) is 5.75 Å². The highest BCUT2D eigenvalue weighted by molar-refractivity contribution is 5.88. The normalized spacial score (nSPS) is 10.6. The monoisotopic (exact) mass is 294 g/mol. The molecule has 0 aliphatic heterocycles. The molecule has 0 radical (unpaired) electrons. The molecule has 1 N–H and O–H groups in total. The topological polar surface area (TPSA) is 21.3 Å². The standard InChI is InChI=1S/C19H18FNO/c1-21-18-7-4-14(5-8-18)15-2-3-17-13-19(22-11-10-20)9-6-16(17)12-15/h2-9,12-13,21H,10-11H2,1H3/i20-1. The minimum atomic E-state index is -0.473. The molecule has 3 heteroatoms. The number of hydrogen-bond acceptors (Lipinski definition) is 2. The van der Waals surface area contributed by atoms with Crippen LogP contribution < -0.4 is 10.1 Å². The molecule has 0 fully saturated rings. The molecule has 0 aliphatic carbocycles. The van der Waals surface area contributed by atoms with Crippen LogP contribution in [0.2, 0.25) is 0 Å². The largest absolute Gasteiger partial charge is 0.491 e. The number of anilines is 1. The Balaban J connectivity index is 1.91. The van der Waals surface area contributed by atoms with Crippen molar-refractivity contribution in [1.29, 1.82) is 0 Å². The predicted octanol–water partition coefficient (Wildman–Crippen LogP) is 4.90. The molecule has 0 amide bonds. The first kappa shape index (κ1) is 14.4. The van der Waals surface area contributed by atoms with Crippen molar-refractivity contribution in [3.63, 3.8) is 0 Å². The van der Waals surface area contributed by atoms with Crippen LogP contribution >= 0.6 is 0 Å². The summed E-state index contributed by atoms with van der Waals surface area (Å²) in [6, 6.07) is 20.5. The number of fused-ring (bicyclic) bond motifs is 1. The Morgan fingerprint density at radius 1 is 0.864 bits per heavy atom. The van der Waals surface area contributed by atoms with Gasteiger partial charge >= 0.3 is 0 Å². The summed E-state index contributed by atoms with van der Waals surface area (Å²) in [6.45, 7) is -0.374. The molecule has 0 spiro atoms. The van der Waals surface area contributed by atoms with Gasteiger partial charge in [0.05, 0.1) is 0 Å². The second-order valence-electron chi connectivity index (χ2n) is 5.09. The predicted molar refractivity (Wildman–Crippen MR) is 90.4 cm³/mol. The van der Waals surface area contributed by atoms with Gasteiger partial charge in [-0.3, -0.25) is 0 Å². The lowest BCUT2D eigenvalue weighted by atomic mass is 10.0. The first-order valence-electron chi connectivity index (χ1n) is 7.31. The Labute approximate surface area is 129 Å². The van der Waals surface area contributed by atoms with Crippen molar-refractivity contribution in [1.82, 2.24) is 0 Å². The van der Waals surface area contributed by atoms with Gasteiger partial charge in [0.15, 0.2) is 0 Å². The van der Waals surface area contributed by atoms with E-state index in [4.69, 9.17) is 4.74 Å². The molecule has 112 valence electrons. The minimum Gasteiger partial charge on any atom is -0.491 e. The van der Waals surface area contributed by atoms with E-state index in [9.17, 15) is 4.39 Å². The lowest BCUT2D eigenvalue weighted by molar-refractivity contribution is 0.273. The van der Waals surface area contributed by atoms with Gasteiger partial charge in [0.25, 0.3) is 0 Å². The SMILES string of the molecule is CNc1ccc(-c2ccc3cc(OCC[18F])ccc3c2)cc1. The van der Waals surface area contributed by atoms with Crippen LogP contribution in [0.25, 0.3) is 21.9 Å². The quantitative estimate of drug-likeness (QED) is 0.723. The molecule has 0 saturated carbocycles. The Morgan fingerprint density at radius 2 is 1.55 bits per heavy atom. The number of rotatable bonds is 5. The third kappa shape index (κ3) is 3.03. The van der Waals surface area contributed by atoms with Crippen molar-refractivity contribution in [2.45, 2.75) is 0 Å². The van der Waals surface area contributed by atoms with Crippen molar-refractivity contribution in [2.24, 2.45) is 0 Å². The summed E-state index contributed by atoms with van der Waals surface area (Å²) in [5.74, 6) is 0.705. The first-order chi connectivity index (χ1) is 10.8. The highest BCUT2D eigenvalue weighted by Gasteiger charge is 2.02. The van der Waals surface area contributed by atoms with Crippen LogP contribution in [0.15, 0.2) is 60.7 Å². The Hall–Kier alpha value is -2.55. The fourth-order valence-electron chi connectivity index (χ4n) is 2.48. The average molecular weight is 294 g/mol. The molecule has 0 atom stereocenters. The minimum absolute atomic E-state index is 0.0986. The van der Waals surface area contributed by atoms with E-state index in [0.717, 1.165) is 16.5 Å². The smallest absolute Gasteiger partial charge is 0.123 e. The maximum absolute atomic E-state index is 12.2. The zero-order valence-corrected chi connectivity index (χ0v) is 12.5. The molecule has 0 saturated heterocycles. The summed E-state index contributed by atoms with van der Waals surface area (Å²) in [6.07, 6.45) is 0. The summed E-state index contributed by atoms with van der Waals surface area (Å²) in [7, 11) is 1.91. The fraction of sp³-hybridized carbons (Fsp3) is 0.158. The Kier molecular flexibility index (Phi) is 4.24. The van der Waals surface area contributed by atoms with Gasteiger partial charge in [-0.15, -0.1) is 0 Å². The number of ether oxygens (including phenoxy) is 1. The molecule has 22 heavy (non-hydrogen) atoms. The molecule has 3 aromatic carbocycles. The van der Waals surface area contributed by atoms with E-state index in [2.05, 4.69) is 47.8 Å². The maximum atomic E-state index is 12.2. The van der Waals surface area contributed by atoms with E-state index in [1.807, 2.05) is 25.2 Å². The van der Waals surface area contributed by atoms with Gasteiger partial charge in [-0.25, -0.2) is 4.39 Å². The third-order valence-electron chi connectivity index (χ3n) is 3.66. The van der Waals surface area contributed by atoms with Crippen molar-refractivity contribution < 1.29 is 9.13 Å². The highest BCUT2D eigenvalue weighted by atomic mass is 18.2. The van der Waals surface area contributed by atoms with Gasteiger partial charge in [0.2, 0.25) is 0 Å². The number of nitrogens with one attached hydrogen (secondary N) is 1. The molecule has 0 heterocycles. The maximum Gasteiger partial charge on any atom is 0.123 e. The lowest BCUT2D eigenvalue weighted by Gasteiger charge is -2.08. The summed E-state index contributed by atoms with van der Waals surface area (Å²) in [5.41, 5.74) is 3.45. The van der Waals surface area contributed by atoms with Gasteiger partial charge in [0.1, 0.15) is 19.0 Å².